The topological polar surface area (TPSA) is 89.3 Å². The molecule has 0 unspecified atom stereocenters. The minimum Gasteiger partial charge on any atom is -0.325 e. The summed E-state index contributed by atoms with van der Waals surface area (Å²) in [6.45, 7) is 1.72. The number of sulfonamides is 1. The molecule has 80 valence electrons. The quantitative estimate of drug-likeness (QED) is 0.725. The Morgan fingerprint density at radius 3 is 2.67 bits per heavy atom. The van der Waals surface area contributed by atoms with E-state index in [1.165, 1.54) is 12.1 Å². The summed E-state index contributed by atoms with van der Waals surface area (Å²) in [7, 11) is -3.70. The standard InChI is InChI=1S/C9H10N2O3S/c1-5-7-4-6(15(10,13)14)2-3-8(7)11-9(5)12/h2-5H,1H3,(H,11,12)(H2,10,13,14)/t5-/m1/s1. The highest BCUT2D eigenvalue weighted by atomic mass is 32.2. The molecular formula is C9H10N2O3S. The van der Waals surface area contributed by atoms with Gasteiger partial charge in [-0.1, -0.05) is 0 Å². The Kier molecular flexibility index (Phi) is 2.06. The molecule has 6 heteroatoms. The Morgan fingerprint density at radius 1 is 1.40 bits per heavy atom. The summed E-state index contributed by atoms with van der Waals surface area (Å²) >= 11 is 0. The van der Waals surface area contributed by atoms with E-state index in [0.29, 0.717) is 11.3 Å². The highest BCUT2D eigenvalue weighted by molar-refractivity contribution is 7.89. The fraction of sp³-hybridized carbons (Fsp3) is 0.222. The first-order chi connectivity index (χ1) is 6.89. The number of amides is 1. The second-order valence-electron chi connectivity index (χ2n) is 3.51. The Bertz CT molecular complexity index is 536. The van der Waals surface area contributed by atoms with E-state index >= 15 is 0 Å². The number of carbonyl (C=O) groups is 1. The van der Waals surface area contributed by atoms with Crippen LogP contribution < -0.4 is 10.5 Å². The molecule has 0 aliphatic carbocycles. The highest BCUT2D eigenvalue weighted by Gasteiger charge is 2.27. The van der Waals surface area contributed by atoms with Crippen molar-refractivity contribution in [2.75, 3.05) is 5.32 Å². The van der Waals surface area contributed by atoms with Crippen LogP contribution in [0.25, 0.3) is 0 Å². The van der Waals surface area contributed by atoms with Gasteiger partial charge >= 0.3 is 0 Å². The summed E-state index contributed by atoms with van der Waals surface area (Å²) in [5.74, 6) is -0.460. The molecule has 5 nitrogen and oxygen atoms in total. The number of hydrogen-bond donors (Lipinski definition) is 2. The summed E-state index contributed by atoms with van der Waals surface area (Å²) in [4.78, 5) is 11.3. The van der Waals surface area contributed by atoms with Crippen molar-refractivity contribution in [2.24, 2.45) is 5.14 Å². The minimum atomic E-state index is -3.70. The number of benzene rings is 1. The molecule has 2 rings (SSSR count). The number of nitrogens with two attached hydrogens (primary N) is 1. The fourth-order valence-corrected chi connectivity index (χ4v) is 2.12. The number of primary sulfonamides is 1. The first-order valence-corrected chi connectivity index (χ1v) is 5.92. The molecule has 0 bridgehead atoms. The van der Waals surface area contributed by atoms with Crippen LogP contribution in [0.15, 0.2) is 23.1 Å². The minimum absolute atomic E-state index is 0.0320. The molecule has 0 radical (unpaired) electrons. The largest absolute Gasteiger partial charge is 0.325 e. The molecular weight excluding hydrogens is 216 g/mol. The zero-order chi connectivity index (χ0) is 11.2. The summed E-state index contributed by atoms with van der Waals surface area (Å²) in [5, 5.41) is 7.65. The SMILES string of the molecule is C[C@H]1C(=O)Nc2ccc(S(N)(=O)=O)cc21. The van der Waals surface area contributed by atoms with Gasteiger partial charge in [0, 0.05) is 5.69 Å². The lowest BCUT2D eigenvalue weighted by atomic mass is 10.0. The molecule has 0 saturated carbocycles. The van der Waals surface area contributed by atoms with Gasteiger partial charge < -0.3 is 5.32 Å². The van der Waals surface area contributed by atoms with E-state index in [0.717, 1.165) is 0 Å². The molecule has 1 aliphatic heterocycles. The van der Waals surface area contributed by atoms with Crippen molar-refractivity contribution in [1.29, 1.82) is 0 Å². The smallest absolute Gasteiger partial charge is 0.238 e. The molecule has 15 heavy (non-hydrogen) atoms. The molecule has 1 aromatic rings. The molecule has 1 atom stereocenters. The summed E-state index contributed by atoms with van der Waals surface area (Å²) in [5.41, 5.74) is 1.33. The Morgan fingerprint density at radius 2 is 2.07 bits per heavy atom. The molecule has 0 spiro atoms. The number of carbonyl (C=O) groups excluding carboxylic acids is 1. The van der Waals surface area contributed by atoms with E-state index in [1.54, 1.807) is 13.0 Å². The van der Waals surface area contributed by atoms with E-state index in [2.05, 4.69) is 5.32 Å². The Labute approximate surface area is 87.3 Å². The van der Waals surface area contributed by atoms with Crippen LogP contribution in [0.1, 0.15) is 18.4 Å². The highest BCUT2D eigenvalue weighted by Crippen LogP contribution is 2.33. The average molecular weight is 226 g/mol. The van der Waals surface area contributed by atoms with Crippen molar-refractivity contribution >= 4 is 21.6 Å². The first kappa shape index (κ1) is 10.1. The Balaban J connectivity index is 2.58. The number of anilines is 1. The predicted octanol–water partition coefficient (Wildman–Crippen LogP) is 0.390. The van der Waals surface area contributed by atoms with Gasteiger partial charge in [0.2, 0.25) is 15.9 Å². The van der Waals surface area contributed by atoms with Gasteiger partial charge in [-0.05, 0) is 30.7 Å². The zero-order valence-electron chi connectivity index (χ0n) is 8.02. The van der Waals surface area contributed by atoms with Gasteiger partial charge in [0.15, 0.2) is 0 Å². The van der Waals surface area contributed by atoms with Crippen LogP contribution >= 0.6 is 0 Å². The monoisotopic (exact) mass is 226 g/mol. The van der Waals surface area contributed by atoms with Crippen LogP contribution in [0.3, 0.4) is 0 Å². The number of fused-ring (bicyclic) bond motifs is 1. The lowest BCUT2D eigenvalue weighted by molar-refractivity contribution is -0.116. The lowest BCUT2D eigenvalue weighted by Gasteiger charge is -2.03. The fourth-order valence-electron chi connectivity index (χ4n) is 1.57. The van der Waals surface area contributed by atoms with Crippen molar-refractivity contribution in [2.45, 2.75) is 17.7 Å². The van der Waals surface area contributed by atoms with Crippen LogP contribution in [-0.2, 0) is 14.8 Å². The Hall–Kier alpha value is -1.40. The first-order valence-electron chi connectivity index (χ1n) is 4.37. The van der Waals surface area contributed by atoms with E-state index in [-0.39, 0.29) is 16.7 Å². The zero-order valence-corrected chi connectivity index (χ0v) is 8.84. The van der Waals surface area contributed by atoms with Gasteiger partial charge in [-0.2, -0.15) is 0 Å². The second-order valence-corrected chi connectivity index (χ2v) is 5.07. The van der Waals surface area contributed by atoms with Crippen LogP contribution in [0.5, 0.6) is 0 Å². The molecule has 1 heterocycles. The third-order valence-electron chi connectivity index (χ3n) is 2.47. The van der Waals surface area contributed by atoms with E-state index in [4.69, 9.17) is 5.14 Å². The maximum Gasteiger partial charge on any atom is 0.238 e. The lowest BCUT2D eigenvalue weighted by Crippen LogP contribution is -2.12. The normalized spacial score (nSPS) is 19.9. The van der Waals surface area contributed by atoms with E-state index in [9.17, 15) is 13.2 Å². The molecule has 1 amide bonds. The van der Waals surface area contributed by atoms with Gasteiger partial charge in [-0.3, -0.25) is 4.79 Å². The predicted molar refractivity (Wildman–Crippen MR) is 54.9 cm³/mol. The van der Waals surface area contributed by atoms with Gasteiger partial charge in [-0.25, -0.2) is 13.6 Å². The van der Waals surface area contributed by atoms with E-state index < -0.39 is 10.0 Å². The van der Waals surface area contributed by atoms with Crippen molar-refractivity contribution in [3.05, 3.63) is 23.8 Å². The van der Waals surface area contributed by atoms with Crippen molar-refractivity contribution in [1.82, 2.24) is 0 Å². The van der Waals surface area contributed by atoms with Gasteiger partial charge in [0.25, 0.3) is 0 Å². The van der Waals surface area contributed by atoms with Crippen molar-refractivity contribution in [3.63, 3.8) is 0 Å². The van der Waals surface area contributed by atoms with Gasteiger partial charge in [0.1, 0.15) is 0 Å². The second kappa shape index (κ2) is 3.04. The van der Waals surface area contributed by atoms with Crippen LogP contribution in [0.4, 0.5) is 5.69 Å². The summed E-state index contributed by atoms with van der Waals surface area (Å²) in [6, 6.07) is 4.37. The third-order valence-corrected chi connectivity index (χ3v) is 3.38. The maximum absolute atomic E-state index is 11.3. The third kappa shape index (κ3) is 1.62. The number of rotatable bonds is 1. The van der Waals surface area contributed by atoms with Crippen LogP contribution in [0, 0.1) is 0 Å². The molecule has 1 aromatic carbocycles. The van der Waals surface area contributed by atoms with Gasteiger partial charge in [-0.15, -0.1) is 0 Å². The summed E-state index contributed by atoms with van der Waals surface area (Å²) < 4.78 is 22.2. The van der Waals surface area contributed by atoms with Crippen LogP contribution in [-0.4, -0.2) is 14.3 Å². The molecule has 0 aromatic heterocycles. The van der Waals surface area contributed by atoms with Crippen molar-refractivity contribution < 1.29 is 13.2 Å². The maximum atomic E-state index is 11.3. The molecule has 0 fully saturated rings. The number of nitrogens with one attached hydrogen (secondary N) is 1. The molecule has 1 aliphatic rings. The van der Waals surface area contributed by atoms with Crippen molar-refractivity contribution in [3.8, 4) is 0 Å². The van der Waals surface area contributed by atoms with E-state index in [1.807, 2.05) is 0 Å². The number of hydrogen-bond acceptors (Lipinski definition) is 3. The average Bonchev–Trinajstić information content (AvgIpc) is 2.41. The van der Waals surface area contributed by atoms with Crippen LogP contribution in [0.2, 0.25) is 0 Å². The molecule has 3 N–H and O–H groups in total. The summed E-state index contributed by atoms with van der Waals surface area (Å²) in [6.07, 6.45) is 0. The molecule has 0 saturated heterocycles. The van der Waals surface area contributed by atoms with Gasteiger partial charge in [0.05, 0.1) is 10.8 Å².